The van der Waals surface area contributed by atoms with Gasteiger partial charge in [0, 0.05) is 41.5 Å². The zero-order valence-electron chi connectivity index (χ0n) is 34.9. The Morgan fingerprint density at radius 2 is 1.39 bits per heavy atom. The molecule has 0 aliphatic heterocycles. The molecule has 0 aliphatic carbocycles. The van der Waals surface area contributed by atoms with Crippen molar-refractivity contribution in [1.82, 2.24) is 15.2 Å². The topological polar surface area (TPSA) is 179 Å². The first-order valence-corrected chi connectivity index (χ1v) is 20.0. The highest BCUT2D eigenvalue weighted by atomic mass is 35.5. The molecule has 330 valence electrons. The van der Waals surface area contributed by atoms with Crippen molar-refractivity contribution in [1.29, 1.82) is 0 Å². The first kappa shape index (κ1) is 48.3. The van der Waals surface area contributed by atoms with E-state index in [2.05, 4.69) is 10.6 Å². The minimum atomic E-state index is -0.918. The average molecular weight is 871 g/mol. The number of amides is 3. The predicted molar refractivity (Wildman–Crippen MR) is 224 cm³/mol. The number of nitrogens with zero attached hydrogens (tertiary/aromatic N) is 1. The molecule has 0 radical (unpaired) electrons. The molecule has 4 aromatic rings. The van der Waals surface area contributed by atoms with Gasteiger partial charge >= 0.3 is 6.09 Å². The molecule has 1 aromatic heterocycles. The third-order valence-corrected chi connectivity index (χ3v) is 9.08. The SMILES string of the molecule is Cc1c(F)ccc(F)c1-c1c(C(=O)N[C@@H](CC(N)=O)c2cccc(Cl)c2)cn(C)c1C(=O)c1ccc(OCCOCCOCCOCCOCCNC(=O)OC(C)(C)C)cc1. The van der Waals surface area contributed by atoms with Crippen LogP contribution in [0.4, 0.5) is 13.6 Å². The highest BCUT2D eigenvalue weighted by Crippen LogP contribution is 2.37. The Labute approximate surface area is 358 Å². The lowest BCUT2D eigenvalue weighted by Crippen LogP contribution is -2.34. The molecule has 0 saturated carbocycles. The maximum Gasteiger partial charge on any atom is 0.407 e. The number of alkyl carbamates (subject to hydrolysis) is 1. The third-order valence-electron chi connectivity index (χ3n) is 8.84. The van der Waals surface area contributed by atoms with Crippen molar-refractivity contribution in [3.63, 3.8) is 0 Å². The van der Waals surface area contributed by atoms with Gasteiger partial charge in [0.2, 0.25) is 11.7 Å². The van der Waals surface area contributed by atoms with E-state index in [4.69, 9.17) is 45.8 Å². The van der Waals surface area contributed by atoms with Gasteiger partial charge < -0.3 is 49.4 Å². The van der Waals surface area contributed by atoms with Gasteiger partial charge in [0.25, 0.3) is 5.91 Å². The van der Waals surface area contributed by atoms with Crippen LogP contribution in [0.3, 0.4) is 0 Å². The first-order valence-electron chi connectivity index (χ1n) is 19.6. The number of nitrogens with one attached hydrogen (secondary N) is 2. The fourth-order valence-electron chi connectivity index (χ4n) is 6.06. The molecule has 14 nitrogen and oxygen atoms in total. The quantitative estimate of drug-likeness (QED) is 0.0522. The second kappa shape index (κ2) is 23.6. The number of nitrogens with two attached hydrogens (primary N) is 1. The van der Waals surface area contributed by atoms with E-state index < -0.39 is 47.0 Å². The highest BCUT2D eigenvalue weighted by Gasteiger charge is 2.31. The summed E-state index contributed by atoms with van der Waals surface area (Å²) in [5.74, 6) is -3.15. The Hall–Kier alpha value is -5.39. The molecule has 0 saturated heterocycles. The van der Waals surface area contributed by atoms with Crippen LogP contribution in [0.25, 0.3) is 11.1 Å². The second-order valence-corrected chi connectivity index (χ2v) is 15.2. The van der Waals surface area contributed by atoms with E-state index in [0.29, 0.717) is 69.1 Å². The van der Waals surface area contributed by atoms with Gasteiger partial charge in [-0.05, 0) is 87.4 Å². The van der Waals surface area contributed by atoms with E-state index in [1.165, 1.54) is 36.9 Å². The summed E-state index contributed by atoms with van der Waals surface area (Å²) in [4.78, 5) is 51.7. The predicted octanol–water partition coefficient (Wildman–Crippen LogP) is 6.48. The number of carbonyl (C=O) groups is 4. The standard InChI is InChI=1S/C44H53ClF2N4O10/c1-28-34(46)13-14-35(47)38(28)39-33(42(54)50-36(26-37(48)52)30-7-6-8-31(45)25-30)27-51(5)40(39)41(53)29-9-11-32(12-10-29)60-24-23-59-22-21-58-20-19-57-18-17-56-16-15-49-43(55)61-44(2,3)4/h6-14,25,27,36H,15-24,26H2,1-5H3,(H2,48,52)(H,49,55)(H,50,54)/t36-/m0/s1. The number of aryl methyl sites for hydroxylation is 1. The Balaban J connectivity index is 1.27. The van der Waals surface area contributed by atoms with E-state index in [-0.39, 0.29) is 53.1 Å². The van der Waals surface area contributed by atoms with Crippen molar-refractivity contribution in [3.8, 4) is 16.9 Å². The summed E-state index contributed by atoms with van der Waals surface area (Å²) < 4.78 is 64.8. The second-order valence-electron chi connectivity index (χ2n) is 14.7. The van der Waals surface area contributed by atoms with Crippen molar-refractivity contribution in [3.05, 3.63) is 111 Å². The van der Waals surface area contributed by atoms with E-state index >= 15 is 4.39 Å². The summed E-state index contributed by atoms with van der Waals surface area (Å²) in [6.45, 7) is 10.1. The van der Waals surface area contributed by atoms with E-state index in [0.717, 1.165) is 12.1 Å². The van der Waals surface area contributed by atoms with Crippen LogP contribution in [0.2, 0.25) is 5.02 Å². The summed E-state index contributed by atoms with van der Waals surface area (Å²) >= 11 is 6.17. The average Bonchev–Trinajstić information content (AvgIpc) is 3.54. The highest BCUT2D eigenvalue weighted by molar-refractivity contribution is 6.30. The molecular weight excluding hydrogens is 818 g/mol. The molecule has 0 aliphatic rings. The molecule has 0 spiro atoms. The molecule has 0 unspecified atom stereocenters. The van der Waals surface area contributed by atoms with Gasteiger partial charge in [-0.1, -0.05) is 23.7 Å². The number of primary amides is 1. The number of ether oxygens (including phenoxy) is 6. The molecule has 0 bridgehead atoms. The van der Waals surface area contributed by atoms with Crippen LogP contribution in [0, 0.1) is 18.6 Å². The molecule has 3 amide bonds. The number of aromatic nitrogens is 1. The minimum absolute atomic E-state index is 0.0710. The summed E-state index contributed by atoms with van der Waals surface area (Å²) in [6.07, 6.45) is 0.583. The minimum Gasteiger partial charge on any atom is -0.491 e. The maximum absolute atomic E-state index is 15.6. The molecule has 1 heterocycles. The van der Waals surface area contributed by atoms with Crippen molar-refractivity contribution in [2.24, 2.45) is 12.8 Å². The Kier molecular flexibility index (Phi) is 18.7. The van der Waals surface area contributed by atoms with E-state index in [1.54, 1.807) is 57.2 Å². The smallest absolute Gasteiger partial charge is 0.407 e. The zero-order valence-corrected chi connectivity index (χ0v) is 35.7. The third kappa shape index (κ3) is 15.2. The summed E-state index contributed by atoms with van der Waals surface area (Å²) in [5.41, 5.74) is 4.95. The summed E-state index contributed by atoms with van der Waals surface area (Å²) in [6, 6.07) is 13.7. The van der Waals surface area contributed by atoms with Crippen LogP contribution in [0.1, 0.15) is 70.8 Å². The number of ketones is 1. The normalized spacial score (nSPS) is 11.9. The van der Waals surface area contributed by atoms with Gasteiger partial charge in [0.15, 0.2) is 0 Å². The molecule has 4 rings (SSSR count). The van der Waals surface area contributed by atoms with Crippen molar-refractivity contribution >= 4 is 35.3 Å². The maximum atomic E-state index is 15.6. The van der Waals surface area contributed by atoms with Crippen LogP contribution in [-0.4, -0.2) is 99.9 Å². The number of hydrogen-bond donors (Lipinski definition) is 3. The number of halogens is 3. The Morgan fingerprint density at radius 1 is 0.803 bits per heavy atom. The van der Waals surface area contributed by atoms with Crippen LogP contribution in [-0.2, 0) is 35.5 Å². The molecule has 4 N–H and O–H groups in total. The Morgan fingerprint density at radius 3 is 1.98 bits per heavy atom. The van der Waals surface area contributed by atoms with Gasteiger partial charge in [0.05, 0.1) is 76.6 Å². The lowest BCUT2D eigenvalue weighted by molar-refractivity contribution is -0.118. The zero-order chi connectivity index (χ0) is 44.5. The largest absolute Gasteiger partial charge is 0.491 e. The van der Waals surface area contributed by atoms with Gasteiger partial charge in [-0.15, -0.1) is 0 Å². The van der Waals surface area contributed by atoms with Gasteiger partial charge in [-0.2, -0.15) is 0 Å². The number of hydrogen-bond acceptors (Lipinski definition) is 10. The van der Waals surface area contributed by atoms with Crippen LogP contribution in [0.15, 0.2) is 66.9 Å². The first-order chi connectivity index (χ1) is 29.1. The van der Waals surface area contributed by atoms with E-state index in [9.17, 15) is 23.6 Å². The molecule has 61 heavy (non-hydrogen) atoms. The van der Waals surface area contributed by atoms with Crippen LogP contribution < -0.4 is 21.1 Å². The summed E-state index contributed by atoms with van der Waals surface area (Å²) in [7, 11) is 1.52. The molecule has 1 atom stereocenters. The number of benzene rings is 3. The van der Waals surface area contributed by atoms with Crippen molar-refractivity contribution < 1.29 is 56.4 Å². The molecule has 3 aromatic carbocycles. The monoisotopic (exact) mass is 870 g/mol. The van der Waals surface area contributed by atoms with Crippen LogP contribution >= 0.6 is 11.6 Å². The number of rotatable bonds is 24. The van der Waals surface area contributed by atoms with Gasteiger partial charge in [-0.25, -0.2) is 13.6 Å². The van der Waals surface area contributed by atoms with Gasteiger partial charge in [-0.3, -0.25) is 14.4 Å². The van der Waals surface area contributed by atoms with Crippen molar-refractivity contribution in [2.75, 3.05) is 66.0 Å². The van der Waals surface area contributed by atoms with Gasteiger partial charge in [0.1, 0.15) is 29.6 Å². The fourth-order valence-corrected chi connectivity index (χ4v) is 6.26. The molecular formula is C44H53ClF2N4O10. The van der Waals surface area contributed by atoms with Crippen molar-refractivity contribution in [2.45, 2.75) is 45.8 Å². The van der Waals surface area contributed by atoms with Crippen LogP contribution in [0.5, 0.6) is 5.75 Å². The molecule has 0 fully saturated rings. The lowest BCUT2D eigenvalue weighted by atomic mass is 9.92. The molecule has 17 heteroatoms. The lowest BCUT2D eigenvalue weighted by Gasteiger charge is -2.19. The van der Waals surface area contributed by atoms with E-state index in [1.807, 2.05) is 0 Å². The Bertz CT molecular complexity index is 2110. The summed E-state index contributed by atoms with van der Waals surface area (Å²) in [5, 5.41) is 5.74. The number of carbonyl (C=O) groups excluding carboxylic acids is 4. The fraction of sp³-hybridized carbons (Fsp3) is 0.409.